The minimum Gasteiger partial charge on any atom is -0.481 e. The molecule has 0 spiro atoms. The van der Waals surface area contributed by atoms with Gasteiger partial charge in [0.1, 0.15) is 5.56 Å². The molecule has 3 saturated heterocycles. The highest BCUT2D eigenvalue weighted by Crippen LogP contribution is 2.32. The van der Waals surface area contributed by atoms with Crippen LogP contribution in [0.5, 0.6) is 5.88 Å². The van der Waals surface area contributed by atoms with E-state index < -0.39 is 0 Å². The summed E-state index contributed by atoms with van der Waals surface area (Å²) in [6.07, 6.45) is 3.75. The molecule has 1 aromatic rings. The number of aliphatic hydroxyl groups is 1. The summed E-state index contributed by atoms with van der Waals surface area (Å²) < 4.78 is 5.15. The number of methoxy groups -OCH3 is 1. The van der Waals surface area contributed by atoms with Crippen molar-refractivity contribution in [2.45, 2.75) is 18.9 Å². The molecular formula is C14H22N4O3. The molecule has 21 heavy (non-hydrogen) atoms. The van der Waals surface area contributed by atoms with Crippen LogP contribution in [0.1, 0.15) is 23.2 Å². The van der Waals surface area contributed by atoms with Gasteiger partial charge in [-0.05, 0) is 31.8 Å². The lowest BCUT2D eigenvalue weighted by Gasteiger charge is -2.48. The number of amides is 1. The maximum atomic E-state index is 12.8. The van der Waals surface area contributed by atoms with E-state index in [1.54, 1.807) is 4.90 Å². The minimum absolute atomic E-state index is 0.0326. The molecule has 1 atom stereocenters. The quantitative estimate of drug-likeness (QED) is 0.795. The van der Waals surface area contributed by atoms with Gasteiger partial charge in [-0.15, -0.1) is 0 Å². The van der Waals surface area contributed by atoms with Crippen molar-refractivity contribution in [2.75, 3.05) is 39.9 Å². The van der Waals surface area contributed by atoms with E-state index in [-0.39, 0.29) is 18.6 Å². The third-order valence-corrected chi connectivity index (χ3v) is 4.66. The predicted octanol–water partition coefficient (Wildman–Crippen LogP) is -0.0530. The van der Waals surface area contributed by atoms with Crippen LogP contribution in [0.4, 0.5) is 0 Å². The molecule has 4 rings (SSSR count). The van der Waals surface area contributed by atoms with Gasteiger partial charge in [-0.1, -0.05) is 0 Å². The fourth-order valence-corrected chi connectivity index (χ4v) is 3.55. The highest BCUT2D eigenvalue weighted by molar-refractivity contribution is 5.96. The first-order chi connectivity index (χ1) is 10.2. The zero-order chi connectivity index (χ0) is 14.8. The fraction of sp³-hybridized carbons (Fsp3) is 0.714. The number of carbonyl (C=O) groups excluding carboxylic acids is 1. The van der Waals surface area contributed by atoms with Gasteiger partial charge in [0.05, 0.1) is 19.9 Å². The van der Waals surface area contributed by atoms with E-state index >= 15 is 0 Å². The van der Waals surface area contributed by atoms with Crippen molar-refractivity contribution < 1.29 is 14.6 Å². The number of aliphatic hydroxyl groups excluding tert-OH is 1. The number of nitrogens with zero attached hydrogens (tertiary/aromatic N) is 3. The molecule has 1 amide bonds. The highest BCUT2D eigenvalue weighted by Gasteiger charge is 2.39. The van der Waals surface area contributed by atoms with Crippen molar-refractivity contribution >= 4 is 5.91 Å². The lowest BCUT2D eigenvalue weighted by molar-refractivity contribution is 0.00269. The summed E-state index contributed by atoms with van der Waals surface area (Å²) in [6.45, 7) is 3.46. The Hall–Kier alpha value is -1.60. The first-order valence-electron chi connectivity index (χ1n) is 7.46. The van der Waals surface area contributed by atoms with E-state index in [0.29, 0.717) is 23.9 Å². The molecule has 2 N–H and O–H groups in total. The second kappa shape index (κ2) is 6.03. The van der Waals surface area contributed by atoms with Gasteiger partial charge in [0.2, 0.25) is 5.88 Å². The standard InChI is InChI=1S/C14H22N4O3/c1-21-13-11(8-15-16-13)14(20)18(6-7-19)12-9-17-4-2-10(12)3-5-17/h8,10,12,19H,2-7,9H2,1H3,(H,15,16). The lowest BCUT2D eigenvalue weighted by Crippen LogP contribution is -2.59. The van der Waals surface area contributed by atoms with Gasteiger partial charge in [-0.3, -0.25) is 4.79 Å². The number of nitrogens with one attached hydrogen (secondary N) is 1. The van der Waals surface area contributed by atoms with Crippen LogP contribution in [0.3, 0.4) is 0 Å². The number of aromatic nitrogens is 2. The summed E-state index contributed by atoms with van der Waals surface area (Å²) in [7, 11) is 1.51. The summed E-state index contributed by atoms with van der Waals surface area (Å²) in [5, 5.41) is 15.9. The van der Waals surface area contributed by atoms with Gasteiger partial charge in [-0.2, -0.15) is 5.10 Å². The summed E-state index contributed by atoms with van der Waals surface area (Å²) in [5.41, 5.74) is 0.433. The van der Waals surface area contributed by atoms with Crippen LogP contribution in [0.15, 0.2) is 6.20 Å². The Labute approximate surface area is 123 Å². The Morgan fingerprint density at radius 3 is 2.90 bits per heavy atom. The second-order valence-corrected chi connectivity index (χ2v) is 5.74. The number of H-pyrrole nitrogens is 1. The van der Waals surface area contributed by atoms with E-state index in [1.807, 2.05) is 0 Å². The van der Waals surface area contributed by atoms with Crippen LogP contribution in [-0.4, -0.2) is 76.9 Å². The number of hydrogen-bond acceptors (Lipinski definition) is 5. The van der Waals surface area contributed by atoms with E-state index in [9.17, 15) is 9.90 Å². The van der Waals surface area contributed by atoms with Gasteiger partial charge in [0.15, 0.2) is 0 Å². The zero-order valence-electron chi connectivity index (χ0n) is 12.3. The number of hydrogen-bond donors (Lipinski definition) is 2. The average molecular weight is 294 g/mol. The Kier molecular flexibility index (Phi) is 4.12. The monoisotopic (exact) mass is 294 g/mol. The number of ether oxygens (including phenoxy) is 1. The number of fused-ring (bicyclic) bond motifs is 3. The summed E-state index contributed by atoms with van der Waals surface area (Å²) in [5.74, 6) is 0.793. The normalized spacial score (nSPS) is 27.6. The molecule has 3 aliphatic rings. The Bertz CT molecular complexity index is 496. The molecule has 3 aliphatic heterocycles. The van der Waals surface area contributed by atoms with Gasteiger partial charge < -0.3 is 19.6 Å². The van der Waals surface area contributed by atoms with Crippen molar-refractivity contribution in [3.63, 3.8) is 0 Å². The molecule has 4 heterocycles. The van der Waals surface area contributed by atoms with Crippen LogP contribution in [0, 0.1) is 5.92 Å². The maximum Gasteiger partial charge on any atom is 0.261 e. The van der Waals surface area contributed by atoms with E-state index in [0.717, 1.165) is 32.5 Å². The lowest BCUT2D eigenvalue weighted by atomic mass is 9.83. The van der Waals surface area contributed by atoms with Gasteiger partial charge in [0, 0.05) is 19.1 Å². The molecule has 0 aromatic carbocycles. The number of piperidine rings is 3. The van der Waals surface area contributed by atoms with Crippen LogP contribution >= 0.6 is 0 Å². The summed E-state index contributed by atoms with van der Waals surface area (Å²) >= 11 is 0. The van der Waals surface area contributed by atoms with Gasteiger partial charge in [-0.25, -0.2) is 5.10 Å². The van der Waals surface area contributed by atoms with Crippen LogP contribution in [0.2, 0.25) is 0 Å². The Morgan fingerprint density at radius 2 is 2.33 bits per heavy atom. The van der Waals surface area contributed by atoms with Crippen molar-refractivity contribution in [3.05, 3.63) is 11.8 Å². The number of aromatic amines is 1. The first kappa shape index (κ1) is 14.3. The number of rotatable bonds is 5. The molecule has 3 fully saturated rings. The molecular weight excluding hydrogens is 272 g/mol. The highest BCUT2D eigenvalue weighted by atomic mass is 16.5. The number of carbonyl (C=O) groups is 1. The second-order valence-electron chi connectivity index (χ2n) is 5.74. The first-order valence-corrected chi connectivity index (χ1v) is 7.46. The summed E-state index contributed by atoms with van der Waals surface area (Å²) in [4.78, 5) is 17.0. The van der Waals surface area contributed by atoms with Crippen molar-refractivity contribution in [1.29, 1.82) is 0 Å². The molecule has 0 radical (unpaired) electrons. The molecule has 7 heteroatoms. The van der Waals surface area contributed by atoms with Crippen LogP contribution < -0.4 is 4.74 Å². The molecule has 2 bridgehead atoms. The van der Waals surface area contributed by atoms with Gasteiger partial charge in [0.25, 0.3) is 5.91 Å². The van der Waals surface area contributed by atoms with E-state index in [4.69, 9.17) is 4.74 Å². The van der Waals surface area contributed by atoms with Gasteiger partial charge >= 0.3 is 0 Å². The smallest absolute Gasteiger partial charge is 0.261 e. The maximum absolute atomic E-state index is 12.8. The van der Waals surface area contributed by atoms with Crippen molar-refractivity contribution in [2.24, 2.45) is 5.92 Å². The zero-order valence-corrected chi connectivity index (χ0v) is 12.3. The molecule has 1 aromatic heterocycles. The predicted molar refractivity (Wildman–Crippen MR) is 76.2 cm³/mol. The van der Waals surface area contributed by atoms with Crippen molar-refractivity contribution in [3.8, 4) is 5.88 Å². The fourth-order valence-electron chi connectivity index (χ4n) is 3.55. The SMILES string of the molecule is COc1[nH]ncc1C(=O)N(CCO)C1CN2CCC1CC2. The molecule has 7 nitrogen and oxygen atoms in total. The minimum atomic E-state index is -0.117. The molecule has 0 saturated carbocycles. The topological polar surface area (TPSA) is 81.7 Å². The average Bonchev–Trinajstić information content (AvgIpc) is 3.01. The molecule has 0 aliphatic carbocycles. The summed E-state index contributed by atoms with van der Waals surface area (Å²) in [6, 6.07) is 0.173. The Balaban J connectivity index is 1.82. The third kappa shape index (κ3) is 2.63. The Morgan fingerprint density at radius 1 is 1.57 bits per heavy atom. The van der Waals surface area contributed by atoms with Crippen LogP contribution in [0.25, 0.3) is 0 Å². The largest absolute Gasteiger partial charge is 0.481 e. The van der Waals surface area contributed by atoms with Crippen molar-refractivity contribution in [1.82, 2.24) is 20.0 Å². The van der Waals surface area contributed by atoms with E-state index in [1.165, 1.54) is 13.3 Å². The third-order valence-electron chi connectivity index (χ3n) is 4.66. The molecule has 1 unspecified atom stereocenters. The molecule has 116 valence electrons. The van der Waals surface area contributed by atoms with Crippen LogP contribution in [-0.2, 0) is 0 Å². The van der Waals surface area contributed by atoms with E-state index in [2.05, 4.69) is 15.1 Å².